The molecule has 0 aliphatic rings. The van der Waals surface area contributed by atoms with Crippen LogP contribution in [0.3, 0.4) is 0 Å². The number of hydrogen-bond acceptors (Lipinski definition) is 2. The standard InChI is InChI=1S/C19H15F4N3O/c1-10-5-3-4-6-12(10)14-9-11(20)7-8-13(14)16-15(18(24)27)17(19(21,22)23)25-26(16)2/h3-9H,1-2H3,(H2,24,27). The minimum Gasteiger partial charge on any atom is -0.365 e. The molecule has 3 aromatic rings. The summed E-state index contributed by atoms with van der Waals surface area (Å²) in [7, 11) is 1.28. The molecule has 0 saturated heterocycles. The lowest BCUT2D eigenvalue weighted by Crippen LogP contribution is -2.18. The second kappa shape index (κ2) is 6.53. The molecular formula is C19H15F4N3O. The number of carbonyl (C=O) groups is 1. The fourth-order valence-electron chi connectivity index (χ4n) is 3.09. The first-order chi connectivity index (χ1) is 12.6. The van der Waals surface area contributed by atoms with Crippen LogP contribution in [0.5, 0.6) is 0 Å². The number of nitrogens with two attached hydrogens (primary N) is 1. The van der Waals surface area contributed by atoms with Gasteiger partial charge in [-0.15, -0.1) is 0 Å². The van der Waals surface area contributed by atoms with E-state index in [9.17, 15) is 22.4 Å². The monoisotopic (exact) mass is 377 g/mol. The molecule has 0 fully saturated rings. The summed E-state index contributed by atoms with van der Waals surface area (Å²) in [5.74, 6) is -1.82. The topological polar surface area (TPSA) is 60.9 Å². The smallest absolute Gasteiger partial charge is 0.365 e. The number of aryl methyl sites for hydroxylation is 2. The average Bonchev–Trinajstić information content (AvgIpc) is 2.93. The molecule has 1 heterocycles. The van der Waals surface area contributed by atoms with Crippen LogP contribution >= 0.6 is 0 Å². The van der Waals surface area contributed by atoms with Crippen LogP contribution in [0.15, 0.2) is 42.5 Å². The molecule has 1 aromatic heterocycles. The van der Waals surface area contributed by atoms with Gasteiger partial charge in [0.15, 0.2) is 5.69 Å². The summed E-state index contributed by atoms with van der Waals surface area (Å²) in [5.41, 5.74) is 5.00. The number of primary amides is 1. The van der Waals surface area contributed by atoms with Gasteiger partial charge in [-0.2, -0.15) is 18.3 Å². The van der Waals surface area contributed by atoms with E-state index in [0.29, 0.717) is 11.1 Å². The van der Waals surface area contributed by atoms with E-state index in [1.165, 1.54) is 19.2 Å². The molecule has 0 aliphatic heterocycles. The number of hydrogen-bond donors (Lipinski definition) is 1. The van der Waals surface area contributed by atoms with E-state index in [0.717, 1.165) is 16.3 Å². The summed E-state index contributed by atoms with van der Waals surface area (Å²) in [5, 5.41) is 3.46. The highest BCUT2D eigenvalue weighted by Crippen LogP contribution is 2.40. The van der Waals surface area contributed by atoms with Crippen LogP contribution in [0.4, 0.5) is 17.6 Å². The molecule has 4 nitrogen and oxygen atoms in total. The lowest BCUT2D eigenvalue weighted by atomic mass is 9.92. The third-order valence-electron chi connectivity index (χ3n) is 4.23. The Bertz CT molecular complexity index is 1040. The van der Waals surface area contributed by atoms with Gasteiger partial charge in [0.25, 0.3) is 5.91 Å². The Kier molecular flexibility index (Phi) is 4.51. The van der Waals surface area contributed by atoms with Gasteiger partial charge >= 0.3 is 6.18 Å². The normalized spacial score (nSPS) is 11.6. The van der Waals surface area contributed by atoms with Crippen LogP contribution in [-0.2, 0) is 13.2 Å². The molecule has 0 radical (unpaired) electrons. The van der Waals surface area contributed by atoms with Crippen molar-refractivity contribution < 1.29 is 22.4 Å². The molecule has 140 valence electrons. The fraction of sp³-hybridized carbons (Fsp3) is 0.158. The van der Waals surface area contributed by atoms with Crippen molar-refractivity contribution in [3.8, 4) is 22.4 Å². The SMILES string of the molecule is Cc1ccccc1-c1cc(F)ccc1-c1c(C(N)=O)c(C(F)(F)F)nn1C. The maximum atomic E-state index is 13.9. The lowest BCUT2D eigenvalue weighted by Gasteiger charge is -2.14. The Morgan fingerprint density at radius 3 is 2.33 bits per heavy atom. The van der Waals surface area contributed by atoms with Crippen molar-refractivity contribution in [2.45, 2.75) is 13.1 Å². The van der Waals surface area contributed by atoms with Crippen LogP contribution in [0.2, 0.25) is 0 Å². The van der Waals surface area contributed by atoms with Crippen LogP contribution < -0.4 is 5.73 Å². The highest BCUT2D eigenvalue weighted by atomic mass is 19.4. The maximum absolute atomic E-state index is 13.9. The molecule has 2 N–H and O–H groups in total. The van der Waals surface area contributed by atoms with Gasteiger partial charge in [-0.05, 0) is 41.8 Å². The van der Waals surface area contributed by atoms with Crippen LogP contribution in [0, 0.1) is 12.7 Å². The number of nitrogens with zero attached hydrogens (tertiary/aromatic N) is 2. The van der Waals surface area contributed by atoms with Crippen molar-refractivity contribution >= 4 is 5.91 Å². The fourth-order valence-corrected chi connectivity index (χ4v) is 3.09. The molecule has 27 heavy (non-hydrogen) atoms. The molecule has 1 amide bonds. The second-order valence-corrected chi connectivity index (χ2v) is 6.06. The van der Waals surface area contributed by atoms with E-state index in [1.807, 2.05) is 0 Å². The number of alkyl halides is 3. The van der Waals surface area contributed by atoms with Gasteiger partial charge in [-0.1, -0.05) is 24.3 Å². The van der Waals surface area contributed by atoms with Crippen molar-refractivity contribution in [1.82, 2.24) is 9.78 Å². The summed E-state index contributed by atoms with van der Waals surface area (Å²) >= 11 is 0. The first kappa shape index (κ1) is 18.6. The van der Waals surface area contributed by atoms with Gasteiger partial charge in [0, 0.05) is 12.6 Å². The number of halogens is 4. The molecule has 0 unspecified atom stereocenters. The maximum Gasteiger partial charge on any atom is 0.435 e. The van der Waals surface area contributed by atoms with Crippen LogP contribution in [0.25, 0.3) is 22.4 Å². The summed E-state index contributed by atoms with van der Waals surface area (Å²) in [4.78, 5) is 11.9. The Balaban J connectivity index is 2.39. The Morgan fingerprint density at radius 2 is 1.74 bits per heavy atom. The summed E-state index contributed by atoms with van der Waals surface area (Å²) in [6, 6.07) is 10.7. The minimum absolute atomic E-state index is 0.118. The second-order valence-electron chi connectivity index (χ2n) is 6.06. The number of rotatable bonds is 3. The third kappa shape index (κ3) is 3.30. The molecular weight excluding hydrogens is 362 g/mol. The molecule has 0 bridgehead atoms. The number of aromatic nitrogens is 2. The van der Waals surface area contributed by atoms with Gasteiger partial charge in [0.05, 0.1) is 11.3 Å². The average molecular weight is 377 g/mol. The van der Waals surface area contributed by atoms with Gasteiger partial charge < -0.3 is 5.73 Å². The van der Waals surface area contributed by atoms with Crippen molar-refractivity contribution in [2.75, 3.05) is 0 Å². The first-order valence-corrected chi connectivity index (χ1v) is 7.91. The van der Waals surface area contributed by atoms with Crippen molar-refractivity contribution in [3.63, 3.8) is 0 Å². The van der Waals surface area contributed by atoms with E-state index >= 15 is 0 Å². The largest absolute Gasteiger partial charge is 0.435 e. The van der Waals surface area contributed by atoms with Gasteiger partial charge in [0.1, 0.15) is 5.82 Å². The van der Waals surface area contributed by atoms with E-state index < -0.39 is 29.2 Å². The van der Waals surface area contributed by atoms with Gasteiger partial charge in [0.2, 0.25) is 0 Å². The summed E-state index contributed by atoms with van der Waals surface area (Å²) in [6.07, 6.45) is -4.86. The molecule has 8 heteroatoms. The molecule has 3 rings (SSSR count). The quantitative estimate of drug-likeness (QED) is 0.691. The van der Waals surface area contributed by atoms with Crippen molar-refractivity contribution in [1.29, 1.82) is 0 Å². The van der Waals surface area contributed by atoms with Crippen molar-refractivity contribution in [2.24, 2.45) is 12.8 Å². The molecule has 0 atom stereocenters. The molecule has 0 saturated carbocycles. The Hall–Kier alpha value is -3.16. The van der Waals surface area contributed by atoms with E-state index in [-0.39, 0.29) is 11.3 Å². The highest BCUT2D eigenvalue weighted by Gasteiger charge is 2.41. The Morgan fingerprint density at radius 1 is 1.07 bits per heavy atom. The number of amides is 1. The van der Waals surface area contributed by atoms with Crippen LogP contribution in [0.1, 0.15) is 21.6 Å². The summed E-state index contributed by atoms with van der Waals surface area (Å²) < 4.78 is 54.9. The van der Waals surface area contributed by atoms with E-state index in [1.54, 1.807) is 31.2 Å². The first-order valence-electron chi connectivity index (χ1n) is 7.91. The molecule has 2 aromatic carbocycles. The zero-order valence-electron chi connectivity index (χ0n) is 14.4. The van der Waals surface area contributed by atoms with E-state index in [4.69, 9.17) is 5.73 Å². The predicted octanol–water partition coefficient (Wildman–Crippen LogP) is 4.32. The van der Waals surface area contributed by atoms with E-state index in [2.05, 4.69) is 5.10 Å². The summed E-state index contributed by atoms with van der Waals surface area (Å²) in [6.45, 7) is 1.80. The highest BCUT2D eigenvalue weighted by molar-refractivity contribution is 6.02. The lowest BCUT2D eigenvalue weighted by molar-refractivity contribution is -0.141. The minimum atomic E-state index is -4.86. The predicted molar refractivity (Wildman–Crippen MR) is 92.3 cm³/mol. The molecule has 0 aliphatic carbocycles. The Labute approximate surface area is 152 Å². The van der Waals surface area contributed by atoms with Gasteiger partial charge in [-0.25, -0.2) is 4.39 Å². The number of carbonyl (C=O) groups excluding carboxylic acids is 1. The molecule has 0 spiro atoms. The third-order valence-corrected chi connectivity index (χ3v) is 4.23. The zero-order valence-corrected chi connectivity index (χ0v) is 14.4. The van der Waals surface area contributed by atoms with Crippen molar-refractivity contribution in [3.05, 3.63) is 65.1 Å². The van der Waals surface area contributed by atoms with Gasteiger partial charge in [-0.3, -0.25) is 9.48 Å². The number of benzene rings is 2. The van der Waals surface area contributed by atoms with Crippen LogP contribution in [-0.4, -0.2) is 15.7 Å². The zero-order chi connectivity index (χ0) is 19.9.